The summed E-state index contributed by atoms with van der Waals surface area (Å²) in [6, 6.07) is 5.79. The van der Waals surface area contributed by atoms with Crippen LogP contribution in [0.25, 0.3) is 11.4 Å². The Morgan fingerprint density at radius 2 is 2.22 bits per heavy atom. The molecule has 0 aliphatic rings. The van der Waals surface area contributed by atoms with E-state index in [-0.39, 0.29) is 6.04 Å². The number of nitrogens with zero attached hydrogens (tertiary/aromatic N) is 2. The van der Waals surface area contributed by atoms with E-state index in [1.54, 1.807) is 0 Å². The molecular formula is C13H16BrN3O. The van der Waals surface area contributed by atoms with Gasteiger partial charge in [-0.2, -0.15) is 4.98 Å². The normalized spacial score (nSPS) is 12.7. The predicted molar refractivity (Wildman–Crippen MR) is 74.0 cm³/mol. The van der Waals surface area contributed by atoms with Crippen molar-refractivity contribution in [1.29, 1.82) is 0 Å². The lowest BCUT2D eigenvalue weighted by Crippen LogP contribution is -2.09. The van der Waals surface area contributed by atoms with Crippen LogP contribution in [0.3, 0.4) is 0 Å². The molecule has 18 heavy (non-hydrogen) atoms. The monoisotopic (exact) mass is 309 g/mol. The van der Waals surface area contributed by atoms with Crippen molar-refractivity contribution in [3.05, 3.63) is 34.1 Å². The minimum absolute atomic E-state index is 0.176. The molecule has 0 saturated heterocycles. The molecule has 2 aromatic rings. The molecule has 1 heterocycles. The van der Waals surface area contributed by atoms with Crippen molar-refractivity contribution in [3.8, 4) is 11.4 Å². The van der Waals surface area contributed by atoms with Crippen LogP contribution in [0.1, 0.15) is 37.3 Å². The average molecular weight is 310 g/mol. The van der Waals surface area contributed by atoms with Gasteiger partial charge < -0.3 is 10.3 Å². The Morgan fingerprint density at radius 3 is 2.89 bits per heavy atom. The summed E-state index contributed by atoms with van der Waals surface area (Å²) < 4.78 is 6.23. The summed E-state index contributed by atoms with van der Waals surface area (Å²) >= 11 is 3.49. The highest BCUT2D eigenvalue weighted by Crippen LogP contribution is 2.25. The first-order valence-corrected chi connectivity index (χ1v) is 6.76. The van der Waals surface area contributed by atoms with Crippen molar-refractivity contribution < 1.29 is 4.52 Å². The number of nitrogens with two attached hydrogens (primary N) is 1. The highest BCUT2D eigenvalue weighted by atomic mass is 79.9. The maximum Gasteiger partial charge on any atom is 0.243 e. The van der Waals surface area contributed by atoms with Gasteiger partial charge in [0.2, 0.25) is 11.7 Å². The van der Waals surface area contributed by atoms with Crippen LogP contribution in [0.4, 0.5) is 0 Å². The third kappa shape index (κ3) is 2.79. The molecule has 2 N–H and O–H groups in total. The minimum Gasteiger partial charge on any atom is -0.337 e. The Kier molecular flexibility index (Phi) is 4.14. The predicted octanol–water partition coefficient (Wildman–Crippen LogP) is 3.61. The van der Waals surface area contributed by atoms with Gasteiger partial charge in [0.1, 0.15) is 0 Å². The van der Waals surface area contributed by atoms with Crippen LogP contribution in [-0.4, -0.2) is 10.1 Å². The molecule has 0 aliphatic heterocycles. The molecule has 1 atom stereocenters. The molecule has 5 heteroatoms. The molecule has 96 valence electrons. The van der Waals surface area contributed by atoms with E-state index in [1.165, 1.54) is 5.56 Å². The van der Waals surface area contributed by atoms with E-state index in [1.807, 2.05) is 25.1 Å². The van der Waals surface area contributed by atoms with Crippen LogP contribution in [0.2, 0.25) is 0 Å². The standard InChI is InChI=1S/C13H16BrN3O/c1-3-4-11(15)13-16-12(17-18-13)9-6-5-8(2)10(14)7-9/h5-7,11H,3-4,15H2,1-2H3/t11-/m1/s1. The van der Waals surface area contributed by atoms with Crippen molar-refractivity contribution in [2.45, 2.75) is 32.7 Å². The molecule has 0 radical (unpaired) electrons. The van der Waals surface area contributed by atoms with Gasteiger partial charge in [-0.1, -0.05) is 46.6 Å². The zero-order valence-electron chi connectivity index (χ0n) is 10.5. The lowest BCUT2D eigenvalue weighted by molar-refractivity contribution is 0.348. The van der Waals surface area contributed by atoms with Gasteiger partial charge in [0.25, 0.3) is 0 Å². The molecule has 1 aromatic heterocycles. The van der Waals surface area contributed by atoms with E-state index in [4.69, 9.17) is 10.3 Å². The van der Waals surface area contributed by atoms with Crippen LogP contribution >= 0.6 is 15.9 Å². The molecule has 0 fully saturated rings. The molecule has 0 unspecified atom stereocenters. The van der Waals surface area contributed by atoms with E-state index in [9.17, 15) is 0 Å². The van der Waals surface area contributed by atoms with Crippen LogP contribution in [-0.2, 0) is 0 Å². The number of rotatable bonds is 4. The SMILES string of the molecule is CCC[C@@H](N)c1nc(-c2ccc(C)c(Br)c2)no1. The fourth-order valence-electron chi connectivity index (χ4n) is 1.67. The van der Waals surface area contributed by atoms with Crippen molar-refractivity contribution >= 4 is 15.9 Å². The van der Waals surface area contributed by atoms with Crippen LogP contribution in [0, 0.1) is 6.92 Å². The van der Waals surface area contributed by atoms with Crippen molar-refractivity contribution in [3.63, 3.8) is 0 Å². The first-order valence-electron chi connectivity index (χ1n) is 5.97. The second kappa shape index (κ2) is 5.63. The summed E-state index contributed by atoms with van der Waals surface area (Å²) in [7, 11) is 0. The molecule has 4 nitrogen and oxygen atoms in total. The molecule has 0 aliphatic carbocycles. The minimum atomic E-state index is -0.176. The second-order valence-corrected chi connectivity index (χ2v) is 5.17. The third-order valence-electron chi connectivity index (χ3n) is 2.79. The number of benzene rings is 1. The Bertz CT molecular complexity index is 539. The number of aromatic nitrogens is 2. The zero-order chi connectivity index (χ0) is 13.1. The molecule has 0 saturated carbocycles. The fraction of sp³-hybridized carbons (Fsp3) is 0.385. The van der Waals surface area contributed by atoms with Crippen LogP contribution in [0.15, 0.2) is 27.2 Å². The maximum atomic E-state index is 5.95. The van der Waals surface area contributed by atoms with Crippen molar-refractivity contribution in [2.75, 3.05) is 0 Å². The van der Waals surface area contributed by atoms with Gasteiger partial charge in [-0.25, -0.2) is 0 Å². The van der Waals surface area contributed by atoms with E-state index < -0.39 is 0 Å². The number of aryl methyl sites for hydroxylation is 1. The fourth-order valence-corrected chi connectivity index (χ4v) is 2.05. The highest BCUT2D eigenvalue weighted by molar-refractivity contribution is 9.10. The second-order valence-electron chi connectivity index (χ2n) is 4.32. The molecule has 1 aromatic carbocycles. The maximum absolute atomic E-state index is 5.95. The van der Waals surface area contributed by atoms with Gasteiger partial charge in [-0.15, -0.1) is 0 Å². The van der Waals surface area contributed by atoms with E-state index in [2.05, 4.69) is 33.0 Å². The zero-order valence-corrected chi connectivity index (χ0v) is 12.1. The quantitative estimate of drug-likeness (QED) is 0.937. The van der Waals surface area contributed by atoms with Crippen molar-refractivity contribution in [1.82, 2.24) is 10.1 Å². The van der Waals surface area contributed by atoms with Gasteiger partial charge in [-0.3, -0.25) is 0 Å². The van der Waals surface area contributed by atoms with Crippen LogP contribution < -0.4 is 5.73 Å². The molecule has 2 rings (SSSR count). The Labute approximate surface area is 115 Å². The Balaban J connectivity index is 2.26. The van der Waals surface area contributed by atoms with Gasteiger partial charge in [0.15, 0.2) is 0 Å². The summed E-state index contributed by atoms with van der Waals surface area (Å²) in [6.45, 7) is 4.11. The highest BCUT2D eigenvalue weighted by Gasteiger charge is 2.15. The topological polar surface area (TPSA) is 64.9 Å². The van der Waals surface area contributed by atoms with E-state index in [0.717, 1.165) is 22.9 Å². The number of hydrogen-bond donors (Lipinski definition) is 1. The van der Waals surface area contributed by atoms with Gasteiger partial charge in [0.05, 0.1) is 6.04 Å². The Morgan fingerprint density at radius 1 is 1.44 bits per heavy atom. The summed E-state index contributed by atoms with van der Waals surface area (Å²) in [5.41, 5.74) is 8.04. The summed E-state index contributed by atoms with van der Waals surface area (Å²) in [6.07, 6.45) is 1.84. The average Bonchev–Trinajstić information content (AvgIpc) is 2.82. The van der Waals surface area contributed by atoms with Crippen LogP contribution in [0.5, 0.6) is 0 Å². The smallest absolute Gasteiger partial charge is 0.243 e. The van der Waals surface area contributed by atoms with Gasteiger partial charge in [0, 0.05) is 10.0 Å². The first-order chi connectivity index (χ1) is 8.61. The number of halogens is 1. The van der Waals surface area contributed by atoms with Crippen molar-refractivity contribution in [2.24, 2.45) is 5.73 Å². The number of hydrogen-bond acceptors (Lipinski definition) is 4. The molecule has 0 bridgehead atoms. The lowest BCUT2D eigenvalue weighted by atomic mass is 10.1. The lowest BCUT2D eigenvalue weighted by Gasteiger charge is -2.02. The third-order valence-corrected chi connectivity index (χ3v) is 3.64. The summed E-state index contributed by atoms with van der Waals surface area (Å²) in [5, 5.41) is 3.97. The Hall–Kier alpha value is -1.20. The van der Waals surface area contributed by atoms with Gasteiger partial charge in [-0.05, 0) is 25.0 Å². The van der Waals surface area contributed by atoms with E-state index >= 15 is 0 Å². The van der Waals surface area contributed by atoms with Gasteiger partial charge >= 0.3 is 0 Å². The largest absolute Gasteiger partial charge is 0.337 e. The summed E-state index contributed by atoms with van der Waals surface area (Å²) in [5.74, 6) is 1.08. The first kappa shape index (κ1) is 13.2. The molecule has 0 amide bonds. The van der Waals surface area contributed by atoms with E-state index in [0.29, 0.717) is 11.7 Å². The summed E-state index contributed by atoms with van der Waals surface area (Å²) in [4.78, 5) is 4.35. The molecule has 0 spiro atoms. The molecular weight excluding hydrogens is 294 g/mol.